The molecule has 0 radical (unpaired) electrons. The highest BCUT2D eigenvalue weighted by atomic mass is 35.5. The number of rotatable bonds is 6. The maximum atomic E-state index is 14.0. The summed E-state index contributed by atoms with van der Waals surface area (Å²) in [6, 6.07) is 2.48. The van der Waals surface area contributed by atoms with Crippen molar-refractivity contribution in [3.8, 4) is 0 Å². The number of fused-ring (bicyclic) bond motifs is 1. The monoisotopic (exact) mass is 312 g/mol. The Morgan fingerprint density at radius 3 is 2.76 bits per heavy atom. The molecule has 1 unspecified atom stereocenters. The molecule has 0 spiro atoms. The molecule has 1 aliphatic heterocycles. The Morgan fingerprint density at radius 1 is 1.38 bits per heavy atom. The minimum Gasteiger partial charge on any atom is -0.316 e. The SMILES string of the molecule is CCCNCC(C)CN1C(=O)C(=O)c2c(Cl)ccc(F)c21. The summed E-state index contributed by atoms with van der Waals surface area (Å²) in [7, 11) is 0. The van der Waals surface area contributed by atoms with E-state index in [9.17, 15) is 14.0 Å². The predicted octanol–water partition coefficient (Wildman–Crippen LogP) is 2.64. The Morgan fingerprint density at radius 2 is 2.10 bits per heavy atom. The van der Waals surface area contributed by atoms with Gasteiger partial charge in [-0.3, -0.25) is 9.59 Å². The van der Waals surface area contributed by atoms with E-state index in [1.165, 1.54) is 17.0 Å². The number of nitrogens with zero attached hydrogens (tertiary/aromatic N) is 1. The summed E-state index contributed by atoms with van der Waals surface area (Å²) in [5, 5.41) is 3.36. The summed E-state index contributed by atoms with van der Waals surface area (Å²) in [6.45, 7) is 5.87. The molecule has 2 rings (SSSR count). The molecule has 0 fully saturated rings. The highest BCUT2D eigenvalue weighted by Crippen LogP contribution is 2.36. The number of benzene rings is 1. The number of ketones is 1. The highest BCUT2D eigenvalue weighted by Gasteiger charge is 2.40. The fraction of sp³-hybridized carbons (Fsp3) is 0.467. The van der Waals surface area contributed by atoms with Crippen molar-refractivity contribution < 1.29 is 14.0 Å². The molecule has 1 aromatic rings. The Hall–Kier alpha value is -1.46. The fourth-order valence-electron chi connectivity index (χ4n) is 2.43. The zero-order valence-corrected chi connectivity index (χ0v) is 12.8. The molecular formula is C15H18ClFN2O2. The van der Waals surface area contributed by atoms with Gasteiger partial charge in [0, 0.05) is 6.54 Å². The van der Waals surface area contributed by atoms with Gasteiger partial charge in [-0.1, -0.05) is 25.4 Å². The van der Waals surface area contributed by atoms with E-state index in [0.717, 1.165) is 13.0 Å². The first-order chi connectivity index (χ1) is 9.97. The first-order valence-electron chi connectivity index (χ1n) is 7.02. The lowest BCUT2D eigenvalue weighted by Crippen LogP contribution is -2.37. The van der Waals surface area contributed by atoms with Crippen molar-refractivity contribution in [2.45, 2.75) is 20.3 Å². The molecule has 1 aliphatic rings. The summed E-state index contributed by atoms with van der Waals surface area (Å²) in [5.41, 5.74) is -0.00442. The number of anilines is 1. The van der Waals surface area contributed by atoms with Gasteiger partial charge < -0.3 is 10.2 Å². The molecule has 0 saturated heterocycles. The van der Waals surface area contributed by atoms with Crippen molar-refractivity contribution in [2.75, 3.05) is 24.5 Å². The van der Waals surface area contributed by atoms with Crippen LogP contribution in [0.5, 0.6) is 0 Å². The maximum absolute atomic E-state index is 14.0. The van der Waals surface area contributed by atoms with E-state index in [4.69, 9.17) is 11.6 Å². The molecule has 1 atom stereocenters. The lowest BCUT2D eigenvalue weighted by Gasteiger charge is -2.22. The van der Waals surface area contributed by atoms with Gasteiger partial charge in [0.25, 0.3) is 11.7 Å². The van der Waals surface area contributed by atoms with Gasteiger partial charge >= 0.3 is 0 Å². The van der Waals surface area contributed by atoms with Gasteiger partial charge in [-0.15, -0.1) is 0 Å². The predicted molar refractivity (Wildman–Crippen MR) is 80.4 cm³/mol. The Balaban J connectivity index is 2.21. The zero-order chi connectivity index (χ0) is 15.6. The van der Waals surface area contributed by atoms with E-state index < -0.39 is 17.5 Å². The second kappa shape index (κ2) is 6.54. The van der Waals surface area contributed by atoms with Crippen LogP contribution in [0.4, 0.5) is 10.1 Å². The minimum absolute atomic E-state index is 0.0137. The van der Waals surface area contributed by atoms with E-state index in [0.29, 0.717) is 6.54 Å². The summed E-state index contributed by atoms with van der Waals surface area (Å²) in [5.74, 6) is -1.94. The quantitative estimate of drug-likeness (QED) is 0.649. The third-order valence-corrected chi connectivity index (χ3v) is 3.74. The number of nitrogens with one attached hydrogen (secondary N) is 1. The average Bonchev–Trinajstić information content (AvgIpc) is 2.69. The van der Waals surface area contributed by atoms with Crippen molar-refractivity contribution in [3.05, 3.63) is 28.5 Å². The highest BCUT2D eigenvalue weighted by molar-refractivity contribution is 6.55. The van der Waals surface area contributed by atoms with Gasteiger partial charge in [0.1, 0.15) is 5.82 Å². The van der Waals surface area contributed by atoms with Crippen LogP contribution in [0, 0.1) is 11.7 Å². The fourth-order valence-corrected chi connectivity index (χ4v) is 2.67. The van der Waals surface area contributed by atoms with Crippen molar-refractivity contribution in [3.63, 3.8) is 0 Å². The Labute approximate surface area is 128 Å². The van der Waals surface area contributed by atoms with E-state index in [2.05, 4.69) is 12.2 Å². The van der Waals surface area contributed by atoms with Gasteiger partial charge in [0.05, 0.1) is 16.3 Å². The van der Waals surface area contributed by atoms with Crippen molar-refractivity contribution >= 4 is 29.0 Å². The number of carbonyl (C=O) groups is 2. The zero-order valence-electron chi connectivity index (χ0n) is 12.1. The number of Topliss-reactive ketones (excluding diaryl/α,β-unsaturated/α-hetero) is 1. The third kappa shape index (κ3) is 3.09. The van der Waals surface area contributed by atoms with Gasteiger partial charge in [-0.2, -0.15) is 0 Å². The van der Waals surface area contributed by atoms with Crippen LogP contribution < -0.4 is 10.2 Å². The van der Waals surface area contributed by atoms with Crippen molar-refractivity contribution in [2.24, 2.45) is 5.92 Å². The molecule has 114 valence electrons. The van der Waals surface area contributed by atoms with Crippen LogP contribution in [-0.2, 0) is 4.79 Å². The van der Waals surface area contributed by atoms with E-state index >= 15 is 0 Å². The number of amides is 1. The van der Waals surface area contributed by atoms with E-state index in [1.54, 1.807) is 0 Å². The summed E-state index contributed by atoms with van der Waals surface area (Å²) in [4.78, 5) is 25.2. The first-order valence-corrected chi connectivity index (χ1v) is 7.40. The number of hydrogen-bond donors (Lipinski definition) is 1. The normalized spacial score (nSPS) is 15.5. The molecule has 1 aromatic carbocycles. The third-order valence-electron chi connectivity index (χ3n) is 3.43. The summed E-state index contributed by atoms with van der Waals surface area (Å²) in [6.07, 6.45) is 1.01. The van der Waals surface area contributed by atoms with Crippen molar-refractivity contribution in [1.29, 1.82) is 0 Å². The lowest BCUT2D eigenvalue weighted by molar-refractivity contribution is -0.114. The maximum Gasteiger partial charge on any atom is 0.299 e. The van der Waals surface area contributed by atoms with Gasteiger partial charge in [-0.05, 0) is 37.6 Å². The number of carbonyl (C=O) groups excluding carboxylic acids is 2. The van der Waals surface area contributed by atoms with Crippen LogP contribution in [0.1, 0.15) is 30.6 Å². The van der Waals surface area contributed by atoms with E-state index in [1.807, 2.05) is 6.92 Å². The summed E-state index contributed by atoms with van der Waals surface area (Å²) < 4.78 is 14.0. The first kappa shape index (κ1) is 15.9. The standard InChI is InChI=1S/C15H18ClFN2O2/c1-3-6-18-7-9(2)8-19-13-11(17)5-4-10(16)12(13)14(20)15(19)21/h4-5,9,18H,3,6-8H2,1-2H3. The molecule has 6 heteroatoms. The van der Waals surface area contributed by atoms with Crippen LogP contribution in [0.25, 0.3) is 0 Å². The Bertz CT molecular complexity index is 577. The molecule has 0 aliphatic carbocycles. The second-order valence-corrected chi connectivity index (χ2v) is 5.71. The smallest absolute Gasteiger partial charge is 0.299 e. The molecule has 1 amide bonds. The van der Waals surface area contributed by atoms with Crippen LogP contribution in [0.3, 0.4) is 0 Å². The van der Waals surface area contributed by atoms with Gasteiger partial charge in [0.15, 0.2) is 0 Å². The molecule has 1 N–H and O–H groups in total. The molecule has 4 nitrogen and oxygen atoms in total. The molecule has 0 bridgehead atoms. The van der Waals surface area contributed by atoms with Crippen molar-refractivity contribution in [1.82, 2.24) is 5.32 Å². The van der Waals surface area contributed by atoms with Crippen LogP contribution in [-0.4, -0.2) is 31.3 Å². The lowest BCUT2D eigenvalue weighted by atomic mass is 10.1. The van der Waals surface area contributed by atoms with Crippen LogP contribution >= 0.6 is 11.6 Å². The topological polar surface area (TPSA) is 49.4 Å². The molecular weight excluding hydrogens is 295 g/mol. The van der Waals surface area contributed by atoms with Gasteiger partial charge in [0.2, 0.25) is 0 Å². The summed E-state index contributed by atoms with van der Waals surface area (Å²) >= 11 is 5.93. The molecule has 0 aromatic heterocycles. The average molecular weight is 313 g/mol. The largest absolute Gasteiger partial charge is 0.316 e. The van der Waals surface area contributed by atoms with Gasteiger partial charge in [-0.25, -0.2) is 4.39 Å². The Kier molecular flexibility index (Phi) is 4.96. The van der Waals surface area contributed by atoms with Crippen LogP contribution in [0.2, 0.25) is 5.02 Å². The number of halogens is 2. The van der Waals surface area contributed by atoms with E-state index in [-0.39, 0.29) is 28.7 Å². The molecule has 1 heterocycles. The molecule has 21 heavy (non-hydrogen) atoms. The minimum atomic E-state index is -0.733. The van der Waals surface area contributed by atoms with Crippen LogP contribution in [0.15, 0.2) is 12.1 Å². The number of hydrogen-bond acceptors (Lipinski definition) is 3. The molecule has 0 saturated carbocycles. The second-order valence-electron chi connectivity index (χ2n) is 5.31.